The van der Waals surface area contributed by atoms with Gasteiger partial charge in [-0.3, -0.25) is 4.90 Å². The summed E-state index contributed by atoms with van der Waals surface area (Å²) in [6.07, 6.45) is 3.10. The quantitative estimate of drug-likeness (QED) is 0.801. The van der Waals surface area contributed by atoms with Gasteiger partial charge in [-0.1, -0.05) is 36.4 Å². The van der Waals surface area contributed by atoms with Crippen LogP contribution in [0.4, 0.5) is 4.39 Å². The molecule has 136 valence electrons. The summed E-state index contributed by atoms with van der Waals surface area (Å²) in [5.74, 6) is 0.344. The van der Waals surface area contributed by atoms with Crippen molar-refractivity contribution in [2.24, 2.45) is 0 Å². The van der Waals surface area contributed by atoms with Gasteiger partial charge in [-0.05, 0) is 42.2 Å². The number of nitrogens with zero attached hydrogens (tertiary/aromatic N) is 1. The van der Waals surface area contributed by atoms with E-state index in [1.54, 1.807) is 6.07 Å². The first-order valence-electron chi connectivity index (χ1n) is 9.25. The highest BCUT2D eigenvalue weighted by Gasteiger charge is 2.35. The molecular weight excluding hydrogens is 329 g/mol. The fourth-order valence-electron chi connectivity index (χ4n) is 3.91. The van der Waals surface area contributed by atoms with Crippen molar-refractivity contribution in [1.82, 2.24) is 4.90 Å². The van der Waals surface area contributed by atoms with E-state index in [9.17, 15) is 4.39 Å². The summed E-state index contributed by atoms with van der Waals surface area (Å²) < 4.78 is 25.3. The lowest BCUT2D eigenvalue weighted by Crippen LogP contribution is -2.53. The van der Waals surface area contributed by atoms with Crippen LogP contribution >= 0.6 is 0 Å². The van der Waals surface area contributed by atoms with Gasteiger partial charge in [-0.25, -0.2) is 4.39 Å². The van der Waals surface area contributed by atoms with Gasteiger partial charge in [-0.15, -0.1) is 0 Å². The van der Waals surface area contributed by atoms with E-state index in [0.29, 0.717) is 31.6 Å². The van der Waals surface area contributed by atoms with E-state index in [2.05, 4.69) is 35.2 Å². The van der Waals surface area contributed by atoms with Crippen LogP contribution in [0.15, 0.2) is 54.6 Å². The monoisotopic (exact) mass is 353 g/mol. The zero-order valence-electron chi connectivity index (χ0n) is 15.0. The molecule has 3 nitrogen and oxygen atoms in total. The number of ether oxygens (including phenoxy) is 2. The van der Waals surface area contributed by atoms with Gasteiger partial charge in [0.25, 0.3) is 0 Å². The summed E-state index contributed by atoms with van der Waals surface area (Å²) in [5, 5.41) is 0. The predicted molar refractivity (Wildman–Crippen MR) is 101 cm³/mol. The number of morpholine rings is 1. The molecule has 2 aromatic carbocycles. The lowest BCUT2D eigenvalue weighted by atomic mass is 9.89. The van der Waals surface area contributed by atoms with Crippen LogP contribution in [0.25, 0.3) is 5.57 Å². The van der Waals surface area contributed by atoms with Gasteiger partial charge >= 0.3 is 0 Å². The molecule has 1 saturated heterocycles. The van der Waals surface area contributed by atoms with Crippen molar-refractivity contribution < 1.29 is 13.9 Å². The minimum atomic E-state index is -0.250. The third-order valence-electron chi connectivity index (χ3n) is 5.10. The van der Waals surface area contributed by atoms with E-state index in [-0.39, 0.29) is 11.9 Å². The average Bonchev–Trinajstić information content (AvgIpc) is 2.62. The number of benzene rings is 2. The molecule has 4 rings (SSSR count). The predicted octanol–water partition coefficient (Wildman–Crippen LogP) is 4.28. The highest BCUT2D eigenvalue weighted by molar-refractivity contribution is 5.69. The normalized spacial score (nSPS) is 22.8. The van der Waals surface area contributed by atoms with Crippen LogP contribution in [-0.4, -0.2) is 36.8 Å². The zero-order chi connectivity index (χ0) is 17.9. The molecule has 0 aliphatic carbocycles. The standard InChI is InChI=1S/C22H24FNO2/c1-2-26-22-11-17(8-19(23)12-22)18-9-20-14-25-15-21(10-18)24(20)13-16-6-4-3-5-7-16/h3-9,11-12,20-21H,2,10,13-15H2,1H3. The Bertz CT molecular complexity index is 790. The van der Waals surface area contributed by atoms with Gasteiger partial charge in [0.1, 0.15) is 11.6 Å². The third-order valence-corrected chi connectivity index (χ3v) is 5.10. The molecule has 2 aliphatic heterocycles. The molecule has 0 spiro atoms. The van der Waals surface area contributed by atoms with Gasteiger partial charge in [0.05, 0.1) is 25.9 Å². The number of hydrogen-bond acceptors (Lipinski definition) is 3. The number of halogens is 1. The van der Waals surface area contributed by atoms with Gasteiger partial charge in [0.15, 0.2) is 0 Å². The highest BCUT2D eigenvalue weighted by Crippen LogP contribution is 2.35. The van der Waals surface area contributed by atoms with Crippen molar-refractivity contribution in [2.45, 2.75) is 32.0 Å². The fraction of sp³-hybridized carbons (Fsp3) is 0.364. The van der Waals surface area contributed by atoms with Crippen molar-refractivity contribution in [3.05, 3.63) is 71.6 Å². The van der Waals surface area contributed by atoms with Crippen molar-refractivity contribution in [1.29, 1.82) is 0 Å². The second kappa shape index (κ2) is 7.60. The molecule has 0 amide bonds. The Hall–Kier alpha value is -2.17. The summed E-state index contributed by atoms with van der Waals surface area (Å²) in [5.41, 5.74) is 3.42. The molecule has 0 N–H and O–H groups in total. The first kappa shape index (κ1) is 17.3. The molecule has 0 aromatic heterocycles. The molecular formula is C22H24FNO2. The van der Waals surface area contributed by atoms with Crippen LogP contribution in [-0.2, 0) is 11.3 Å². The average molecular weight is 353 g/mol. The molecule has 2 aliphatic rings. The fourth-order valence-corrected chi connectivity index (χ4v) is 3.91. The Kier molecular flexibility index (Phi) is 5.05. The van der Waals surface area contributed by atoms with Crippen molar-refractivity contribution in [3.63, 3.8) is 0 Å². The second-order valence-corrected chi connectivity index (χ2v) is 6.92. The van der Waals surface area contributed by atoms with Crippen LogP contribution in [0.5, 0.6) is 5.75 Å². The van der Waals surface area contributed by atoms with Crippen molar-refractivity contribution in [3.8, 4) is 5.75 Å². The third kappa shape index (κ3) is 3.67. The lowest BCUT2D eigenvalue weighted by Gasteiger charge is -2.45. The molecule has 1 fully saturated rings. The Morgan fingerprint density at radius 2 is 2.00 bits per heavy atom. The number of rotatable bonds is 5. The molecule has 0 saturated carbocycles. The van der Waals surface area contributed by atoms with E-state index in [1.165, 1.54) is 17.2 Å². The largest absolute Gasteiger partial charge is 0.494 e. The van der Waals surface area contributed by atoms with Crippen LogP contribution in [0, 0.1) is 5.82 Å². The van der Waals surface area contributed by atoms with Crippen molar-refractivity contribution in [2.75, 3.05) is 19.8 Å². The van der Waals surface area contributed by atoms with Crippen LogP contribution in [0.2, 0.25) is 0 Å². The van der Waals surface area contributed by atoms with Gasteiger partial charge in [0, 0.05) is 18.7 Å². The Labute approximate surface area is 154 Å². The molecule has 2 aromatic rings. The van der Waals surface area contributed by atoms with Gasteiger partial charge in [-0.2, -0.15) is 0 Å². The van der Waals surface area contributed by atoms with Crippen LogP contribution < -0.4 is 4.74 Å². The molecule has 2 atom stereocenters. The van der Waals surface area contributed by atoms with E-state index in [0.717, 1.165) is 18.5 Å². The van der Waals surface area contributed by atoms with E-state index >= 15 is 0 Å². The van der Waals surface area contributed by atoms with E-state index < -0.39 is 0 Å². The highest BCUT2D eigenvalue weighted by atomic mass is 19.1. The Morgan fingerprint density at radius 1 is 1.15 bits per heavy atom. The van der Waals surface area contributed by atoms with Crippen LogP contribution in [0.1, 0.15) is 24.5 Å². The lowest BCUT2D eigenvalue weighted by molar-refractivity contribution is -0.0402. The van der Waals surface area contributed by atoms with Gasteiger partial charge in [0.2, 0.25) is 0 Å². The van der Waals surface area contributed by atoms with Crippen LogP contribution in [0.3, 0.4) is 0 Å². The Balaban J connectivity index is 1.60. The van der Waals surface area contributed by atoms with E-state index in [4.69, 9.17) is 9.47 Å². The molecule has 26 heavy (non-hydrogen) atoms. The molecule has 2 bridgehead atoms. The van der Waals surface area contributed by atoms with Crippen molar-refractivity contribution >= 4 is 5.57 Å². The minimum absolute atomic E-state index is 0.219. The summed E-state index contributed by atoms with van der Waals surface area (Å²) >= 11 is 0. The maximum Gasteiger partial charge on any atom is 0.127 e. The number of hydrogen-bond donors (Lipinski definition) is 0. The first-order valence-corrected chi connectivity index (χ1v) is 9.25. The summed E-state index contributed by atoms with van der Waals surface area (Å²) in [7, 11) is 0. The second-order valence-electron chi connectivity index (χ2n) is 6.92. The summed E-state index contributed by atoms with van der Waals surface area (Å²) in [6, 6.07) is 16.1. The maximum atomic E-state index is 14.0. The molecule has 4 heteroatoms. The smallest absolute Gasteiger partial charge is 0.127 e. The topological polar surface area (TPSA) is 21.7 Å². The minimum Gasteiger partial charge on any atom is -0.494 e. The zero-order valence-corrected chi connectivity index (χ0v) is 15.0. The summed E-state index contributed by atoms with van der Waals surface area (Å²) in [6.45, 7) is 4.75. The SMILES string of the molecule is CCOc1cc(F)cc(C2=CC3COCC(C2)N3Cc2ccccc2)c1. The molecule has 0 radical (unpaired) electrons. The van der Waals surface area contributed by atoms with Gasteiger partial charge < -0.3 is 9.47 Å². The first-order chi connectivity index (χ1) is 12.7. The van der Waals surface area contributed by atoms with E-state index in [1.807, 2.05) is 19.1 Å². The maximum absolute atomic E-state index is 14.0. The Morgan fingerprint density at radius 3 is 2.77 bits per heavy atom. The number of fused-ring (bicyclic) bond motifs is 2. The summed E-state index contributed by atoms with van der Waals surface area (Å²) in [4.78, 5) is 2.51. The molecule has 2 heterocycles. The molecule has 2 unspecified atom stereocenters.